The third-order valence-corrected chi connectivity index (χ3v) is 9.46. The number of fused-ring (bicyclic) bond motifs is 5. The van der Waals surface area contributed by atoms with Crippen LogP contribution in [-0.2, 0) is 14.3 Å². The minimum Gasteiger partial charge on any atom is -0.481 e. The molecule has 0 amide bonds. The summed E-state index contributed by atoms with van der Waals surface area (Å²) >= 11 is 0. The summed E-state index contributed by atoms with van der Waals surface area (Å²) in [5, 5.41) is 9.62. The molecule has 4 aliphatic rings. The Kier molecular flexibility index (Phi) is 4.91. The predicted octanol–water partition coefficient (Wildman–Crippen LogP) is 5.22. The number of carbonyl (C=O) groups is 2. The quantitative estimate of drug-likeness (QED) is 0.532. The Labute approximate surface area is 169 Å². The normalized spacial score (nSPS) is 45.9. The van der Waals surface area contributed by atoms with E-state index < -0.39 is 5.97 Å². The molecule has 4 nitrogen and oxygen atoms in total. The summed E-state index contributed by atoms with van der Waals surface area (Å²) in [6, 6.07) is 0. The second-order valence-electron chi connectivity index (χ2n) is 10.6. The number of carbonyl (C=O) groups excluding carboxylic acids is 1. The maximum Gasteiger partial charge on any atom is 0.306 e. The van der Waals surface area contributed by atoms with Crippen LogP contribution in [0.15, 0.2) is 11.6 Å². The summed E-state index contributed by atoms with van der Waals surface area (Å²) in [4.78, 5) is 23.1. The zero-order valence-electron chi connectivity index (χ0n) is 17.9. The van der Waals surface area contributed by atoms with E-state index in [0.29, 0.717) is 23.7 Å². The van der Waals surface area contributed by atoms with Crippen molar-refractivity contribution < 1.29 is 19.4 Å². The van der Waals surface area contributed by atoms with E-state index in [1.54, 1.807) is 0 Å². The van der Waals surface area contributed by atoms with E-state index in [1.807, 2.05) is 6.92 Å². The van der Waals surface area contributed by atoms with Crippen LogP contribution in [0.2, 0.25) is 0 Å². The molecule has 28 heavy (non-hydrogen) atoms. The van der Waals surface area contributed by atoms with Crippen LogP contribution >= 0.6 is 0 Å². The summed E-state index contributed by atoms with van der Waals surface area (Å²) in [6.45, 7) is 8.28. The number of hydrogen-bond acceptors (Lipinski definition) is 3. The molecule has 1 N–H and O–H groups in total. The first kappa shape index (κ1) is 20.0. The fourth-order valence-electron chi connectivity index (χ4n) is 8.00. The average molecular weight is 389 g/mol. The van der Waals surface area contributed by atoms with Crippen LogP contribution in [0.5, 0.6) is 0 Å². The summed E-state index contributed by atoms with van der Waals surface area (Å²) in [5.74, 6) is 1.31. The summed E-state index contributed by atoms with van der Waals surface area (Å²) in [6.07, 6.45) is 11.3. The van der Waals surface area contributed by atoms with Crippen molar-refractivity contribution in [3.63, 3.8) is 0 Å². The molecular formula is C24H36O4. The molecular weight excluding hydrogens is 352 g/mol. The molecule has 0 aromatic heterocycles. The summed E-state index contributed by atoms with van der Waals surface area (Å²) in [7, 11) is 0. The fourth-order valence-corrected chi connectivity index (χ4v) is 8.00. The second-order valence-corrected chi connectivity index (χ2v) is 10.6. The van der Waals surface area contributed by atoms with Crippen LogP contribution in [0, 0.1) is 40.4 Å². The van der Waals surface area contributed by atoms with Crippen LogP contribution in [0.25, 0.3) is 0 Å². The lowest BCUT2D eigenvalue weighted by atomic mass is 9.47. The van der Waals surface area contributed by atoms with Gasteiger partial charge in [0.05, 0.1) is 5.92 Å². The van der Waals surface area contributed by atoms with Gasteiger partial charge in [-0.25, -0.2) is 0 Å². The van der Waals surface area contributed by atoms with Gasteiger partial charge in [-0.05, 0) is 79.4 Å². The van der Waals surface area contributed by atoms with Gasteiger partial charge in [-0.3, -0.25) is 9.59 Å². The molecule has 0 radical (unpaired) electrons. The average Bonchev–Trinajstić information content (AvgIpc) is 2.98. The Morgan fingerprint density at radius 2 is 1.89 bits per heavy atom. The molecule has 0 aromatic carbocycles. The number of hydrogen-bond donors (Lipinski definition) is 1. The Hall–Kier alpha value is -1.32. The third-order valence-electron chi connectivity index (χ3n) is 9.46. The topological polar surface area (TPSA) is 63.6 Å². The number of ether oxygens (including phenoxy) is 1. The predicted molar refractivity (Wildman–Crippen MR) is 108 cm³/mol. The molecule has 8 atom stereocenters. The Balaban J connectivity index is 1.57. The first-order chi connectivity index (χ1) is 13.2. The van der Waals surface area contributed by atoms with E-state index in [0.717, 1.165) is 38.5 Å². The highest BCUT2D eigenvalue weighted by Crippen LogP contribution is 2.67. The monoisotopic (exact) mass is 388 g/mol. The lowest BCUT2D eigenvalue weighted by Crippen LogP contribution is -2.51. The van der Waals surface area contributed by atoms with Crippen LogP contribution in [0.1, 0.15) is 79.1 Å². The highest BCUT2D eigenvalue weighted by atomic mass is 16.5. The zero-order valence-corrected chi connectivity index (χ0v) is 17.9. The van der Waals surface area contributed by atoms with Crippen molar-refractivity contribution in [3.8, 4) is 0 Å². The SMILES string of the molecule is CC(=O)O[C@H]1CC[C@@]2(C)C(=CC[C@H]3[C@@H]4CC[C@H]([C@@H](C)C(=O)O)[C@@]4(C)CC[C@@H]32)C1. The largest absolute Gasteiger partial charge is 0.481 e. The van der Waals surface area contributed by atoms with E-state index in [4.69, 9.17) is 4.74 Å². The van der Waals surface area contributed by atoms with Crippen molar-refractivity contribution in [2.45, 2.75) is 85.2 Å². The highest BCUT2D eigenvalue weighted by molar-refractivity contribution is 5.70. The lowest BCUT2D eigenvalue weighted by Gasteiger charge is -2.58. The highest BCUT2D eigenvalue weighted by Gasteiger charge is 2.59. The van der Waals surface area contributed by atoms with Crippen LogP contribution in [0.4, 0.5) is 0 Å². The third kappa shape index (κ3) is 2.93. The van der Waals surface area contributed by atoms with Gasteiger partial charge in [0.2, 0.25) is 0 Å². The van der Waals surface area contributed by atoms with E-state index in [1.165, 1.54) is 25.3 Å². The van der Waals surface area contributed by atoms with E-state index >= 15 is 0 Å². The number of allylic oxidation sites excluding steroid dienone is 1. The first-order valence-corrected chi connectivity index (χ1v) is 11.3. The molecule has 0 aliphatic heterocycles. The van der Waals surface area contributed by atoms with Crippen molar-refractivity contribution in [2.24, 2.45) is 40.4 Å². The van der Waals surface area contributed by atoms with Crippen molar-refractivity contribution >= 4 is 11.9 Å². The standard InChI is InChI=1S/C24H36O4/c1-14(22(26)27)19-7-8-20-18-6-5-16-13-17(28-15(2)25)9-11-23(16,3)21(18)10-12-24(19,20)4/h5,14,17-21H,6-13H2,1-4H3,(H,26,27)/t14-,17+,18+,19-,20+,21+,23+,24-/m1/s1. The molecule has 156 valence electrons. The maximum absolute atomic E-state index is 11.7. The Bertz CT molecular complexity index is 697. The summed E-state index contributed by atoms with van der Waals surface area (Å²) in [5.41, 5.74) is 1.93. The molecule has 0 saturated heterocycles. The number of rotatable bonds is 3. The van der Waals surface area contributed by atoms with Crippen molar-refractivity contribution in [2.75, 3.05) is 0 Å². The molecule has 0 unspecified atom stereocenters. The first-order valence-electron chi connectivity index (χ1n) is 11.3. The van der Waals surface area contributed by atoms with Crippen LogP contribution in [0.3, 0.4) is 0 Å². The Morgan fingerprint density at radius 3 is 2.57 bits per heavy atom. The molecule has 0 heterocycles. The molecule has 4 heteroatoms. The summed E-state index contributed by atoms with van der Waals surface area (Å²) < 4.78 is 5.53. The van der Waals surface area contributed by atoms with Gasteiger partial charge in [0.25, 0.3) is 0 Å². The van der Waals surface area contributed by atoms with Gasteiger partial charge >= 0.3 is 11.9 Å². The number of carboxylic acids is 1. The molecule has 0 spiro atoms. The van der Waals surface area contributed by atoms with Gasteiger partial charge in [0.1, 0.15) is 6.10 Å². The maximum atomic E-state index is 11.7. The van der Waals surface area contributed by atoms with Gasteiger partial charge in [0.15, 0.2) is 0 Å². The Morgan fingerprint density at radius 1 is 1.14 bits per heavy atom. The van der Waals surface area contributed by atoms with Gasteiger partial charge in [-0.1, -0.05) is 32.4 Å². The van der Waals surface area contributed by atoms with Crippen LogP contribution in [-0.4, -0.2) is 23.1 Å². The fraction of sp³-hybridized carbons (Fsp3) is 0.833. The number of aliphatic carboxylic acids is 1. The van der Waals surface area contributed by atoms with Crippen molar-refractivity contribution in [1.82, 2.24) is 0 Å². The van der Waals surface area contributed by atoms with Crippen molar-refractivity contribution in [1.29, 1.82) is 0 Å². The molecule has 0 aromatic rings. The van der Waals surface area contributed by atoms with Gasteiger partial charge in [-0.15, -0.1) is 0 Å². The van der Waals surface area contributed by atoms with Crippen LogP contribution < -0.4 is 0 Å². The van der Waals surface area contributed by atoms with E-state index in [9.17, 15) is 14.7 Å². The lowest BCUT2D eigenvalue weighted by molar-refractivity contribution is -0.148. The van der Waals surface area contributed by atoms with Gasteiger partial charge in [0, 0.05) is 13.3 Å². The minimum atomic E-state index is -0.629. The molecule has 0 bridgehead atoms. The molecule has 4 rings (SSSR count). The zero-order chi connectivity index (χ0) is 20.3. The minimum absolute atomic E-state index is 0.0505. The molecule has 3 fully saturated rings. The molecule has 3 saturated carbocycles. The second kappa shape index (κ2) is 6.88. The van der Waals surface area contributed by atoms with E-state index in [-0.39, 0.29) is 28.8 Å². The molecule has 4 aliphatic carbocycles. The number of esters is 1. The smallest absolute Gasteiger partial charge is 0.306 e. The van der Waals surface area contributed by atoms with E-state index in [2.05, 4.69) is 19.9 Å². The van der Waals surface area contributed by atoms with Gasteiger partial charge in [-0.2, -0.15) is 0 Å². The number of carboxylic acid groups (broad SMARTS) is 1. The van der Waals surface area contributed by atoms with Crippen molar-refractivity contribution in [3.05, 3.63) is 11.6 Å². The van der Waals surface area contributed by atoms with Gasteiger partial charge < -0.3 is 9.84 Å².